The van der Waals surface area contributed by atoms with Crippen molar-refractivity contribution in [2.45, 2.75) is 75.5 Å². The molecule has 2 aromatic carbocycles. The second-order valence-electron chi connectivity index (χ2n) is 13.1. The number of alkyl halides is 5. The summed E-state index contributed by atoms with van der Waals surface area (Å²) in [5, 5.41) is 14.2. The molecule has 5 atom stereocenters. The fraction of sp³-hybridized carbons (Fsp3) is 0.457. The molecular formula is C35H34F5NO5. The summed E-state index contributed by atoms with van der Waals surface area (Å²) >= 11 is 0. The standard InChI is InChI=1S/C35H34F5NO5/c1-32-18-27(19-3-5-20(6-4-19)30(43)41-23-10-7-21(8-11-23)31(44)46-2)29-25-14-12-24(42)17-22(25)9-13-26(29)28(32)15-16-33(32,45)34(36,37)35(38,39)40/h3-8,10-11,17,26-28,45H,9,12-16,18H2,1-2H3,(H,41,43)/t26?,27-,28?,32+,33-/m1/s1. The number of benzene rings is 2. The van der Waals surface area contributed by atoms with E-state index >= 15 is 8.78 Å². The minimum atomic E-state index is -5.92. The number of esters is 1. The zero-order valence-electron chi connectivity index (χ0n) is 25.3. The summed E-state index contributed by atoms with van der Waals surface area (Å²) in [4.78, 5) is 37.0. The molecule has 2 fully saturated rings. The summed E-state index contributed by atoms with van der Waals surface area (Å²) in [6.45, 7) is 1.38. The molecule has 0 aromatic heterocycles. The van der Waals surface area contributed by atoms with Crippen molar-refractivity contribution in [1.82, 2.24) is 0 Å². The molecule has 4 aliphatic rings. The molecule has 6 rings (SSSR count). The maximum atomic E-state index is 15.2. The monoisotopic (exact) mass is 643 g/mol. The van der Waals surface area contributed by atoms with Crippen molar-refractivity contribution in [2.75, 3.05) is 12.4 Å². The first kappa shape index (κ1) is 32.1. The van der Waals surface area contributed by atoms with Gasteiger partial charge in [-0.25, -0.2) is 4.79 Å². The predicted molar refractivity (Wildman–Crippen MR) is 158 cm³/mol. The maximum absolute atomic E-state index is 15.2. The summed E-state index contributed by atoms with van der Waals surface area (Å²) in [6.07, 6.45) is -3.32. The Labute approximate surface area is 262 Å². The van der Waals surface area contributed by atoms with E-state index in [2.05, 4.69) is 10.1 Å². The van der Waals surface area contributed by atoms with E-state index in [0.717, 1.165) is 16.7 Å². The normalized spacial score (nSPS) is 29.3. The van der Waals surface area contributed by atoms with Crippen LogP contribution < -0.4 is 5.32 Å². The molecule has 11 heteroatoms. The fourth-order valence-corrected chi connectivity index (χ4v) is 8.59. The highest BCUT2D eigenvalue weighted by molar-refractivity contribution is 6.04. The van der Waals surface area contributed by atoms with Gasteiger partial charge in [-0.1, -0.05) is 24.6 Å². The predicted octanol–water partition coefficient (Wildman–Crippen LogP) is 7.55. The molecule has 2 aromatic rings. The number of ether oxygens (including phenoxy) is 1. The summed E-state index contributed by atoms with van der Waals surface area (Å²) in [5.74, 6) is -7.81. The van der Waals surface area contributed by atoms with Crippen LogP contribution in [0.4, 0.5) is 27.6 Å². The second kappa shape index (κ2) is 11.1. The number of halogens is 5. The van der Waals surface area contributed by atoms with Gasteiger partial charge in [0.15, 0.2) is 5.78 Å². The molecule has 2 saturated carbocycles. The van der Waals surface area contributed by atoms with Crippen molar-refractivity contribution in [2.24, 2.45) is 17.3 Å². The molecule has 0 saturated heterocycles. The average molecular weight is 644 g/mol. The molecule has 46 heavy (non-hydrogen) atoms. The van der Waals surface area contributed by atoms with Crippen LogP contribution in [0.5, 0.6) is 0 Å². The lowest BCUT2D eigenvalue weighted by Gasteiger charge is -2.56. The van der Waals surface area contributed by atoms with Gasteiger partial charge in [0.05, 0.1) is 12.7 Å². The van der Waals surface area contributed by atoms with E-state index in [1.807, 2.05) is 0 Å². The maximum Gasteiger partial charge on any atom is 0.456 e. The van der Waals surface area contributed by atoms with Crippen molar-refractivity contribution in [3.8, 4) is 0 Å². The Morgan fingerprint density at radius 3 is 2.22 bits per heavy atom. The van der Waals surface area contributed by atoms with E-state index in [9.17, 15) is 32.7 Å². The van der Waals surface area contributed by atoms with Gasteiger partial charge < -0.3 is 15.2 Å². The van der Waals surface area contributed by atoms with Crippen LogP contribution in [0.2, 0.25) is 0 Å². The number of nitrogens with one attached hydrogen (secondary N) is 1. The van der Waals surface area contributed by atoms with E-state index in [0.29, 0.717) is 42.5 Å². The van der Waals surface area contributed by atoms with E-state index in [1.165, 1.54) is 26.2 Å². The molecule has 0 heterocycles. The van der Waals surface area contributed by atoms with Crippen LogP contribution in [-0.2, 0) is 9.53 Å². The molecule has 2 N–H and O–H groups in total. The smallest absolute Gasteiger partial charge is 0.456 e. The number of fused-ring (bicyclic) bond motifs is 4. The topological polar surface area (TPSA) is 92.7 Å². The molecule has 244 valence electrons. The zero-order valence-corrected chi connectivity index (χ0v) is 25.3. The van der Waals surface area contributed by atoms with Gasteiger partial charge in [0.1, 0.15) is 5.60 Å². The van der Waals surface area contributed by atoms with Gasteiger partial charge in [-0.3, -0.25) is 9.59 Å². The highest BCUT2D eigenvalue weighted by atomic mass is 19.4. The van der Waals surface area contributed by atoms with Crippen molar-refractivity contribution < 1.29 is 46.2 Å². The van der Waals surface area contributed by atoms with Crippen LogP contribution in [0.25, 0.3) is 0 Å². The SMILES string of the molecule is COC(=O)c1ccc(NC(=O)c2ccc([C@H]3C[C@@]4(C)C(CC[C@]4(O)C(F)(F)C(F)(F)F)C4CCC5=CC(=O)CCC5=C43)cc2)cc1. The molecular weight excluding hydrogens is 609 g/mol. The number of amides is 1. The lowest BCUT2D eigenvalue weighted by molar-refractivity contribution is -0.362. The van der Waals surface area contributed by atoms with Crippen molar-refractivity contribution in [3.05, 3.63) is 88.0 Å². The van der Waals surface area contributed by atoms with Crippen LogP contribution in [0.15, 0.2) is 71.3 Å². The highest BCUT2D eigenvalue weighted by Crippen LogP contribution is 2.70. The van der Waals surface area contributed by atoms with E-state index in [-0.39, 0.29) is 30.1 Å². The Balaban J connectivity index is 1.36. The molecule has 1 amide bonds. The number of allylic oxidation sites excluding steroid dienone is 4. The van der Waals surface area contributed by atoms with E-state index in [1.54, 1.807) is 42.5 Å². The van der Waals surface area contributed by atoms with E-state index < -0.39 is 53.2 Å². The van der Waals surface area contributed by atoms with Gasteiger partial charge in [0.2, 0.25) is 0 Å². The minimum Gasteiger partial charge on any atom is -0.465 e. The van der Waals surface area contributed by atoms with Crippen molar-refractivity contribution in [3.63, 3.8) is 0 Å². The lowest BCUT2D eigenvalue weighted by Crippen LogP contribution is -2.65. The number of carbonyl (C=O) groups excluding carboxylic acids is 3. The summed E-state index contributed by atoms with van der Waals surface area (Å²) in [6, 6.07) is 12.6. The van der Waals surface area contributed by atoms with Crippen molar-refractivity contribution >= 4 is 23.3 Å². The highest BCUT2D eigenvalue weighted by Gasteiger charge is 2.79. The number of aliphatic hydroxyl groups is 1. The Morgan fingerprint density at radius 1 is 0.935 bits per heavy atom. The Bertz CT molecular complexity index is 1640. The molecule has 2 unspecified atom stereocenters. The molecule has 4 aliphatic carbocycles. The third-order valence-electron chi connectivity index (χ3n) is 10.9. The van der Waals surface area contributed by atoms with Crippen LogP contribution in [0.1, 0.15) is 84.1 Å². The zero-order chi connectivity index (χ0) is 33.2. The van der Waals surface area contributed by atoms with Crippen LogP contribution >= 0.6 is 0 Å². The Kier molecular flexibility index (Phi) is 7.77. The number of anilines is 1. The average Bonchev–Trinajstić information content (AvgIpc) is 3.31. The van der Waals surface area contributed by atoms with Gasteiger partial charge in [-0.15, -0.1) is 0 Å². The van der Waals surface area contributed by atoms with E-state index in [4.69, 9.17) is 0 Å². The quantitative estimate of drug-likeness (QED) is 0.259. The number of rotatable bonds is 5. The lowest BCUT2D eigenvalue weighted by atomic mass is 9.50. The molecule has 0 bridgehead atoms. The number of carbonyl (C=O) groups is 3. The largest absolute Gasteiger partial charge is 0.465 e. The first-order valence-corrected chi connectivity index (χ1v) is 15.3. The number of hydrogen-bond acceptors (Lipinski definition) is 5. The minimum absolute atomic E-state index is 0.00496. The van der Waals surface area contributed by atoms with Crippen molar-refractivity contribution in [1.29, 1.82) is 0 Å². The first-order chi connectivity index (χ1) is 21.6. The fourth-order valence-electron chi connectivity index (χ4n) is 8.59. The van der Waals surface area contributed by atoms with Crippen LogP contribution in [0.3, 0.4) is 0 Å². The molecule has 0 aliphatic heterocycles. The third kappa shape index (κ3) is 4.89. The summed E-state index contributed by atoms with van der Waals surface area (Å²) < 4.78 is 76.5. The summed E-state index contributed by atoms with van der Waals surface area (Å²) in [5.41, 5.74) is -0.582. The number of methoxy groups -OCH3 is 1. The molecule has 6 nitrogen and oxygen atoms in total. The second-order valence-corrected chi connectivity index (χ2v) is 13.1. The van der Waals surface area contributed by atoms with Gasteiger partial charge >= 0.3 is 18.1 Å². The molecule has 0 radical (unpaired) electrons. The van der Waals surface area contributed by atoms with Gasteiger partial charge in [0, 0.05) is 29.0 Å². The van der Waals surface area contributed by atoms with Crippen LogP contribution in [0, 0.1) is 17.3 Å². The number of hydrogen-bond donors (Lipinski definition) is 2. The summed E-state index contributed by atoms with van der Waals surface area (Å²) in [7, 11) is 1.26. The molecule has 0 spiro atoms. The third-order valence-corrected chi connectivity index (χ3v) is 10.9. The van der Waals surface area contributed by atoms with Gasteiger partial charge in [-0.05, 0) is 110 Å². The Hall–Kier alpha value is -3.86. The Morgan fingerprint density at radius 2 is 1.59 bits per heavy atom. The van der Waals surface area contributed by atoms with Crippen LogP contribution in [-0.4, -0.2) is 47.6 Å². The number of ketones is 1. The first-order valence-electron chi connectivity index (χ1n) is 15.3. The van der Waals surface area contributed by atoms with Gasteiger partial charge in [-0.2, -0.15) is 22.0 Å². The van der Waals surface area contributed by atoms with Gasteiger partial charge in [0.25, 0.3) is 5.91 Å².